The zero-order valence-electron chi connectivity index (χ0n) is 16.6. The largest absolute Gasteiger partial charge is 0.418 e. The Hall–Kier alpha value is -3.58. The van der Waals surface area contributed by atoms with E-state index in [1.807, 2.05) is 0 Å². The molecule has 1 atom stereocenters. The molecule has 170 valence electrons. The number of hydrogen-bond donors (Lipinski definition) is 2. The smallest absolute Gasteiger partial charge is 0.342 e. The van der Waals surface area contributed by atoms with Crippen LogP contribution in [0.5, 0.6) is 0 Å². The van der Waals surface area contributed by atoms with Gasteiger partial charge in [-0.2, -0.15) is 18.3 Å². The van der Waals surface area contributed by atoms with E-state index in [4.69, 9.17) is 11.6 Å². The van der Waals surface area contributed by atoms with Gasteiger partial charge in [-0.1, -0.05) is 11.6 Å². The SMILES string of the molecule is C[C@@H](NC(=O)c1cnc2cccnn12)c1ncc(C(=O)Nc2cc(C(F)(F)F)c(Cl)cn2)s1. The Bertz CT molecular complexity index is 1350. The number of fused-ring (bicyclic) bond motifs is 1. The number of carbonyl (C=O) groups excluding carboxylic acids is 2. The molecule has 0 bridgehead atoms. The summed E-state index contributed by atoms with van der Waals surface area (Å²) in [6.07, 6.45) is 0.285. The Labute approximate surface area is 192 Å². The predicted molar refractivity (Wildman–Crippen MR) is 113 cm³/mol. The monoisotopic (exact) mass is 495 g/mol. The molecule has 0 fully saturated rings. The predicted octanol–water partition coefficient (Wildman–Crippen LogP) is 4.00. The normalized spacial score (nSPS) is 12.5. The van der Waals surface area contributed by atoms with E-state index in [1.54, 1.807) is 19.1 Å². The van der Waals surface area contributed by atoms with Crippen LogP contribution in [0.15, 0.2) is 43.0 Å². The lowest BCUT2D eigenvalue weighted by atomic mass is 10.2. The van der Waals surface area contributed by atoms with E-state index < -0.39 is 34.6 Å². The van der Waals surface area contributed by atoms with Crippen LogP contribution in [0.3, 0.4) is 0 Å². The third-order valence-corrected chi connectivity index (χ3v) is 5.86. The quantitative estimate of drug-likeness (QED) is 0.432. The number of pyridine rings is 1. The third kappa shape index (κ3) is 4.78. The van der Waals surface area contributed by atoms with Crippen LogP contribution in [0.4, 0.5) is 19.0 Å². The molecule has 9 nitrogen and oxygen atoms in total. The maximum absolute atomic E-state index is 13.0. The van der Waals surface area contributed by atoms with Gasteiger partial charge in [0.05, 0.1) is 29.0 Å². The van der Waals surface area contributed by atoms with Crippen molar-refractivity contribution in [2.24, 2.45) is 0 Å². The van der Waals surface area contributed by atoms with Gasteiger partial charge in [-0.3, -0.25) is 9.59 Å². The fourth-order valence-corrected chi connectivity index (χ4v) is 3.84. The number of amides is 2. The highest BCUT2D eigenvalue weighted by Gasteiger charge is 2.34. The molecule has 0 unspecified atom stereocenters. The molecule has 0 spiro atoms. The van der Waals surface area contributed by atoms with E-state index in [-0.39, 0.29) is 16.4 Å². The van der Waals surface area contributed by atoms with Gasteiger partial charge in [0, 0.05) is 12.4 Å². The maximum Gasteiger partial charge on any atom is 0.418 e. The van der Waals surface area contributed by atoms with Gasteiger partial charge >= 0.3 is 6.18 Å². The molecule has 0 aliphatic carbocycles. The minimum absolute atomic E-state index is 0.118. The van der Waals surface area contributed by atoms with Gasteiger partial charge in [-0.15, -0.1) is 11.3 Å². The first-order chi connectivity index (χ1) is 15.6. The van der Waals surface area contributed by atoms with Crippen molar-refractivity contribution in [2.75, 3.05) is 5.32 Å². The Morgan fingerprint density at radius 2 is 1.94 bits per heavy atom. The van der Waals surface area contributed by atoms with Crippen molar-refractivity contribution < 1.29 is 22.8 Å². The van der Waals surface area contributed by atoms with E-state index in [9.17, 15) is 22.8 Å². The van der Waals surface area contributed by atoms with Gasteiger partial charge in [0.1, 0.15) is 21.4 Å². The number of imidazole rings is 1. The molecule has 0 saturated carbocycles. The van der Waals surface area contributed by atoms with Crippen molar-refractivity contribution in [3.05, 3.63) is 69.2 Å². The molecule has 2 amide bonds. The molecule has 0 aliphatic rings. The number of nitrogens with zero attached hydrogens (tertiary/aromatic N) is 5. The maximum atomic E-state index is 13.0. The molecule has 2 N–H and O–H groups in total. The Kier molecular flexibility index (Phi) is 5.99. The van der Waals surface area contributed by atoms with Gasteiger partial charge in [-0.25, -0.2) is 19.5 Å². The van der Waals surface area contributed by atoms with E-state index >= 15 is 0 Å². The number of aromatic nitrogens is 5. The number of halogens is 4. The topological polar surface area (TPSA) is 114 Å². The fourth-order valence-electron chi connectivity index (χ4n) is 2.81. The Balaban J connectivity index is 1.45. The van der Waals surface area contributed by atoms with Gasteiger partial charge in [-0.05, 0) is 25.1 Å². The first-order valence-corrected chi connectivity index (χ1v) is 10.4. The van der Waals surface area contributed by atoms with Crippen molar-refractivity contribution >= 4 is 46.2 Å². The minimum Gasteiger partial charge on any atom is -0.342 e. The molecule has 4 aromatic heterocycles. The number of carbonyl (C=O) groups is 2. The van der Waals surface area contributed by atoms with Crippen molar-refractivity contribution in [1.82, 2.24) is 29.9 Å². The van der Waals surface area contributed by atoms with Gasteiger partial charge in [0.15, 0.2) is 5.65 Å². The molecule has 4 heterocycles. The van der Waals surface area contributed by atoms with E-state index in [0.29, 0.717) is 16.7 Å². The number of thiazole rings is 1. The van der Waals surface area contributed by atoms with Crippen LogP contribution >= 0.6 is 22.9 Å². The average molecular weight is 496 g/mol. The molecule has 4 aromatic rings. The standard InChI is InChI=1S/C19H13ClF3N7O2S/c1-9(28-16(31)12-7-25-15-3-2-4-27-30(12)15)18-26-8-13(33-18)17(32)29-14-5-10(19(21,22)23)11(20)6-24-14/h2-9H,1H3,(H,28,31)(H,24,29,32)/t9-/m1/s1. The van der Waals surface area contributed by atoms with E-state index in [1.165, 1.54) is 23.1 Å². The number of alkyl halides is 3. The summed E-state index contributed by atoms with van der Waals surface area (Å²) in [7, 11) is 0. The number of hydrogen-bond acceptors (Lipinski definition) is 7. The summed E-state index contributed by atoms with van der Waals surface area (Å²) in [5, 5.41) is 8.95. The molecule has 14 heteroatoms. The molecule has 0 saturated heterocycles. The second-order valence-electron chi connectivity index (χ2n) is 6.70. The molecular weight excluding hydrogens is 483 g/mol. The second kappa shape index (κ2) is 8.75. The number of nitrogens with one attached hydrogen (secondary N) is 2. The fraction of sp³-hybridized carbons (Fsp3) is 0.158. The minimum atomic E-state index is -4.69. The number of rotatable bonds is 5. The summed E-state index contributed by atoms with van der Waals surface area (Å²) in [4.78, 5) is 37.1. The highest BCUT2D eigenvalue weighted by molar-refractivity contribution is 7.13. The summed E-state index contributed by atoms with van der Waals surface area (Å²) in [6, 6.07) is 3.48. The van der Waals surface area contributed by atoms with Crippen LogP contribution in [0.1, 0.15) is 43.7 Å². The summed E-state index contributed by atoms with van der Waals surface area (Å²) in [5.74, 6) is -1.46. The lowest BCUT2D eigenvalue weighted by Crippen LogP contribution is -2.27. The van der Waals surface area contributed by atoms with E-state index in [0.717, 1.165) is 17.5 Å². The molecule has 0 aromatic carbocycles. The summed E-state index contributed by atoms with van der Waals surface area (Å²) in [5.41, 5.74) is -0.382. The van der Waals surface area contributed by atoms with Crippen LogP contribution < -0.4 is 10.6 Å². The van der Waals surface area contributed by atoms with Crippen molar-refractivity contribution in [3.8, 4) is 0 Å². The molecular formula is C19H13ClF3N7O2S. The zero-order valence-corrected chi connectivity index (χ0v) is 18.2. The molecule has 0 radical (unpaired) electrons. The average Bonchev–Trinajstić information content (AvgIpc) is 3.42. The van der Waals surface area contributed by atoms with Crippen molar-refractivity contribution in [1.29, 1.82) is 0 Å². The molecule has 4 rings (SSSR count). The van der Waals surface area contributed by atoms with Crippen molar-refractivity contribution in [3.63, 3.8) is 0 Å². The highest BCUT2D eigenvalue weighted by atomic mass is 35.5. The lowest BCUT2D eigenvalue weighted by Gasteiger charge is -2.11. The van der Waals surface area contributed by atoms with Crippen molar-refractivity contribution in [2.45, 2.75) is 19.1 Å². The summed E-state index contributed by atoms with van der Waals surface area (Å²) >= 11 is 6.51. The van der Waals surface area contributed by atoms with Gasteiger partial charge in [0.2, 0.25) is 0 Å². The zero-order chi connectivity index (χ0) is 23.8. The lowest BCUT2D eigenvalue weighted by molar-refractivity contribution is -0.137. The van der Waals surface area contributed by atoms with E-state index in [2.05, 4.69) is 30.7 Å². The van der Waals surface area contributed by atoms with Crippen LogP contribution in [-0.4, -0.2) is 36.4 Å². The first kappa shape index (κ1) is 22.6. The Morgan fingerprint density at radius 1 is 1.15 bits per heavy atom. The number of anilines is 1. The highest BCUT2D eigenvalue weighted by Crippen LogP contribution is 2.35. The van der Waals surface area contributed by atoms with Crippen LogP contribution in [0, 0.1) is 0 Å². The second-order valence-corrected chi connectivity index (χ2v) is 8.17. The summed E-state index contributed by atoms with van der Waals surface area (Å²) < 4.78 is 40.4. The van der Waals surface area contributed by atoms with Crippen LogP contribution in [0.25, 0.3) is 5.65 Å². The third-order valence-electron chi connectivity index (χ3n) is 4.38. The molecule has 0 aliphatic heterocycles. The Morgan fingerprint density at radius 3 is 2.70 bits per heavy atom. The summed E-state index contributed by atoms with van der Waals surface area (Å²) in [6.45, 7) is 1.67. The van der Waals surface area contributed by atoms with Gasteiger partial charge in [0.25, 0.3) is 11.8 Å². The first-order valence-electron chi connectivity index (χ1n) is 9.23. The van der Waals surface area contributed by atoms with Gasteiger partial charge < -0.3 is 10.6 Å². The molecule has 33 heavy (non-hydrogen) atoms. The van der Waals surface area contributed by atoms with Crippen LogP contribution in [-0.2, 0) is 6.18 Å². The van der Waals surface area contributed by atoms with Crippen LogP contribution in [0.2, 0.25) is 5.02 Å².